The molecule has 4 nitrogen and oxygen atoms in total. The molecule has 0 spiro atoms. The number of halogens is 2. The highest BCUT2D eigenvalue weighted by molar-refractivity contribution is 9.10. The first kappa shape index (κ1) is 21.9. The van der Waals surface area contributed by atoms with E-state index in [9.17, 15) is 4.79 Å². The van der Waals surface area contributed by atoms with Gasteiger partial charge in [0.05, 0.1) is 15.6 Å². The van der Waals surface area contributed by atoms with Crippen molar-refractivity contribution in [2.75, 3.05) is 23.9 Å². The number of hydrogen-bond donors (Lipinski definition) is 0. The van der Waals surface area contributed by atoms with E-state index in [4.69, 9.17) is 16.6 Å². The van der Waals surface area contributed by atoms with Crippen LogP contribution in [-0.2, 0) is 4.79 Å². The highest BCUT2D eigenvalue weighted by atomic mass is 79.9. The van der Waals surface area contributed by atoms with Gasteiger partial charge in [0, 0.05) is 34.3 Å². The number of anilines is 2. The zero-order valence-corrected chi connectivity index (χ0v) is 21.1. The molecule has 0 unspecified atom stereocenters. The summed E-state index contributed by atoms with van der Waals surface area (Å²) in [6.45, 7) is 0. The minimum Gasteiger partial charge on any atom is -0.378 e. The number of carbonyl (C=O) groups excluding carboxylic acids is 1. The molecule has 164 valence electrons. The van der Waals surface area contributed by atoms with Gasteiger partial charge < -0.3 is 4.90 Å². The van der Waals surface area contributed by atoms with Crippen LogP contribution in [0.5, 0.6) is 0 Å². The second-order valence-corrected chi connectivity index (χ2v) is 10.2. The molecule has 3 aromatic carbocycles. The Bertz CT molecular complexity index is 1440. The molecular weight excluding hydrogens is 518 g/mol. The third-order valence-corrected chi connectivity index (χ3v) is 7.54. The van der Waals surface area contributed by atoms with Crippen LogP contribution < -0.4 is 9.80 Å². The predicted octanol–water partition coefficient (Wildman–Crippen LogP) is 7.22. The van der Waals surface area contributed by atoms with E-state index in [1.54, 1.807) is 4.90 Å². The number of thiophene rings is 1. The third kappa shape index (κ3) is 4.10. The first-order chi connectivity index (χ1) is 15.9. The van der Waals surface area contributed by atoms with Gasteiger partial charge in [-0.3, -0.25) is 9.69 Å². The fourth-order valence-electron chi connectivity index (χ4n) is 3.71. The maximum absolute atomic E-state index is 13.6. The van der Waals surface area contributed by atoms with Crippen LogP contribution in [0, 0.1) is 0 Å². The van der Waals surface area contributed by atoms with Crippen LogP contribution >= 0.6 is 38.9 Å². The number of amidine groups is 1. The van der Waals surface area contributed by atoms with Crippen LogP contribution in [0.1, 0.15) is 10.4 Å². The number of hydrogen-bond acceptors (Lipinski definition) is 4. The molecule has 0 aliphatic carbocycles. The minimum absolute atomic E-state index is 0.187. The Labute approximate surface area is 209 Å². The number of amides is 1. The zero-order valence-electron chi connectivity index (χ0n) is 17.9. The molecule has 7 heteroatoms. The van der Waals surface area contributed by atoms with Crippen molar-refractivity contribution in [1.82, 2.24) is 0 Å². The molecule has 5 rings (SSSR count). The van der Waals surface area contributed by atoms with Gasteiger partial charge in [-0.25, -0.2) is 4.99 Å². The van der Waals surface area contributed by atoms with E-state index in [-0.39, 0.29) is 5.91 Å². The molecule has 0 saturated heterocycles. The Morgan fingerprint density at radius 3 is 2.48 bits per heavy atom. The van der Waals surface area contributed by atoms with Crippen LogP contribution in [-0.4, -0.2) is 25.8 Å². The Morgan fingerprint density at radius 2 is 1.79 bits per heavy atom. The van der Waals surface area contributed by atoms with E-state index < -0.39 is 0 Å². The summed E-state index contributed by atoms with van der Waals surface area (Å²) in [4.78, 5) is 22.8. The van der Waals surface area contributed by atoms with Crippen molar-refractivity contribution in [2.45, 2.75) is 0 Å². The lowest BCUT2D eigenvalue weighted by Crippen LogP contribution is -2.32. The van der Waals surface area contributed by atoms with E-state index in [2.05, 4.69) is 15.9 Å². The summed E-state index contributed by atoms with van der Waals surface area (Å²) in [5.41, 5.74) is 3.10. The summed E-state index contributed by atoms with van der Waals surface area (Å²) in [7, 11) is 3.99. The second-order valence-electron chi connectivity index (χ2n) is 7.81. The number of carbonyl (C=O) groups is 1. The van der Waals surface area contributed by atoms with E-state index in [1.807, 2.05) is 97.9 Å². The topological polar surface area (TPSA) is 35.9 Å². The Morgan fingerprint density at radius 1 is 1.03 bits per heavy atom. The molecule has 0 N–H and O–H groups in total. The number of fused-ring (bicyclic) bond motifs is 1. The smallest absolute Gasteiger partial charge is 0.282 e. The van der Waals surface area contributed by atoms with E-state index in [0.29, 0.717) is 16.6 Å². The van der Waals surface area contributed by atoms with Crippen LogP contribution in [0.2, 0.25) is 5.02 Å². The summed E-state index contributed by atoms with van der Waals surface area (Å²) in [6, 6.07) is 23.6. The molecule has 1 amide bonds. The second kappa shape index (κ2) is 8.78. The van der Waals surface area contributed by atoms with Gasteiger partial charge in [-0.15, -0.1) is 11.3 Å². The van der Waals surface area contributed by atoms with Crippen LogP contribution in [0.4, 0.5) is 11.4 Å². The lowest BCUT2D eigenvalue weighted by atomic mass is 10.1. The fraction of sp³-hybridized carbons (Fsp3) is 0.0769. The largest absolute Gasteiger partial charge is 0.378 e. The number of benzene rings is 3. The molecule has 1 aliphatic heterocycles. The first-order valence-electron chi connectivity index (χ1n) is 10.3. The maximum atomic E-state index is 13.6. The van der Waals surface area contributed by atoms with Crippen molar-refractivity contribution in [3.63, 3.8) is 0 Å². The van der Waals surface area contributed by atoms with Gasteiger partial charge in [-0.05, 0) is 48.0 Å². The summed E-state index contributed by atoms with van der Waals surface area (Å²) < 4.78 is 1.94. The van der Waals surface area contributed by atoms with Gasteiger partial charge in [0.15, 0.2) is 5.84 Å². The minimum atomic E-state index is -0.187. The van der Waals surface area contributed by atoms with Gasteiger partial charge in [0.2, 0.25) is 0 Å². The molecule has 1 aliphatic rings. The van der Waals surface area contributed by atoms with E-state index >= 15 is 0 Å². The Kier molecular flexibility index (Phi) is 5.83. The van der Waals surface area contributed by atoms with Gasteiger partial charge in [-0.2, -0.15) is 0 Å². The highest BCUT2D eigenvalue weighted by Gasteiger charge is 2.35. The maximum Gasteiger partial charge on any atom is 0.282 e. The average molecular weight is 537 g/mol. The molecule has 0 atom stereocenters. The summed E-state index contributed by atoms with van der Waals surface area (Å²) in [5.74, 6) is 0.355. The van der Waals surface area contributed by atoms with Crippen LogP contribution in [0.15, 0.2) is 88.0 Å². The molecule has 0 fully saturated rings. The SMILES string of the molecule is CN(C)c1ccc(/C=C2/N=C(c3sc4ccccc4c3Cl)N(c3cccc(Br)c3)C2=O)cc1. The van der Waals surface area contributed by atoms with Crippen molar-refractivity contribution >= 4 is 78.1 Å². The third-order valence-electron chi connectivity index (χ3n) is 5.38. The standard InChI is InChI=1S/C26H19BrClN3OS/c1-30(2)18-12-10-16(11-13-18)14-21-26(32)31(19-7-5-6-17(27)15-19)25(29-21)24-23(28)20-8-3-4-9-22(20)33-24/h3-15H,1-2H3/b21-14+. The molecular formula is C26H19BrClN3OS. The lowest BCUT2D eigenvalue weighted by Gasteiger charge is -2.18. The van der Waals surface area contributed by atoms with E-state index in [1.165, 1.54) is 11.3 Å². The first-order valence-corrected chi connectivity index (χ1v) is 12.3. The Hall–Kier alpha value is -2.93. The molecule has 2 heterocycles. The number of rotatable bonds is 4. The highest BCUT2D eigenvalue weighted by Crippen LogP contribution is 2.39. The molecule has 0 radical (unpaired) electrons. The Balaban J connectivity index is 1.65. The zero-order chi connectivity index (χ0) is 23.1. The molecule has 0 saturated carbocycles. The summed E-state index contributed by atoms with van der Waals surface area (Å²) in [6.07, 6.45) is 1.82. The van der Waals surface area contributed by atoms with Crippen LogP contribution in [0.25, 0.3) is 16.2 Å². The van der Waals surface area contributed by atoms with E-state index in [0.717, 1.165) is 36.4 Å². The molecule has 1 aromatic heterocycles. The van der Waals surface area contributed by atoms with Gasteiger partial charge >= 0.3 is 0 Å². The van der Waals surface area contributed by atoms with Crippen molar-refractivity contribution in [3.05, 3.63) is 98.4 Å². The monoisotopic (exact) mass is 535 g/mol. The normalized spacial score (nSPS) is 14.9. The quantitative estimate of drug-likeness (QED) is 0.258. The molecule has 33 heavy (non-hydrogen) atoms. The fourth-order valence-corrected chi connectivity index (χ4v) is 5.59. The van der Waals surface area contributed by atoms with Gasteiger partial charge in [0.1, 0.15) is 5.70 Å². The van der Waals surface area contributed by atoms with Crippen molar-refractivity contribution < 1.29 is 4.79 Å². The molecule has 0 bridgehead atoms. The van der Waals surface area contributed by atoms with Crippen molar-refractivity contribution in [2.24, 2.45) is 4.99 Å². The number of nitrogens with zero attached hydrogens (tertiary/aromatic N) is 3. The van der Waals surface area contributed by atoms with Crippen molar-refractivity contribution in [1.29, 1.82) is 0 Å². The predicted molar refractivity (Wildman–Crippen MR) is 144 cm³/mol. The van der Waals surface area contributed by atoms with Crippen molar-refractivity contribution in [3.8, 4) is 0 Å². The summed E-state index contributed by atoms with van der Waals surface area (Å²) >= 11 is 11.8. The van der Waals surface area contributed by atoms with Crippen LogP contribution in [0.3, 0.4) is 0 Å². The lowest BCUT2D eigenvalue weighted by molar-refractivity contribution is -0.113. The van der Waals surface area contributed by atoms with Gasteiger partial charge in [0.25, 0.3) is 5.91 Å². The van der Waals surface area contributed by atoms with Gasteiger partial charge in [-0.1, -0.05) is 63.9 Å². The summed E-state index contributed by atoms with van der Waals surface area (Å²) in [5, 5.41) is 1.57. The number of aliphatic imine (C=N–C) groups is 1. The molecule has 4 aromatic rings. The average Bonchev–Trinajstić information content (AvgIpc) is 3.31.